The van der Waals surface area contributed by atoms with Gasteiger partial charge in [-0.1, -0.05) is 23.3 Å². The molecule has 8 nitrogen and oxygen atoms in total. The predicted octanol–water partition coefficient (Wildman–Crippen LogP) is 1.55. The van der Waals surface area contributed by atoms with Gasteiger partial charge in [0.05, 0.1) is 5.75 Å². The molecule has 0 unspecified atom stereocenters. The molecule has 1 N–H and O–H groups in total. The number of sulfone groups is 1. The lowest BCUT2D eigenvalue weighted by atomic mass is 10.2. The zero-order valence-corrected chi connectivity index (χ0v) is 14.8. The lowest BCUT2D eigenvalue weighted by Crippen LogP contribution is -2.25. The average molecular weight is 390 g/mol. The van der Waals surface area contributed by atoms with Gasteiger partial charge in [-0.25, -0.2) is 12.8 Å². The van der Waals surface area contributed by atoms with Crippen LogP contribution in [0.25, 0.3) is 0 Å². The molecule has 0 bridgehead atoms. The largest absolute Gasteiger partial charge is 0.412 e. The van der Waals surface area contributed by atoms with Crippen LogP contribution >= 0.6 is 0 Å². The maximum absolute atomic E-state index is 13.6. The van der Waals surface area contributed by atoms with Gasteiger partial charge in [0.15, 0.2) is 0 Å². The molecule has 0 atom stereocenters. The van der Waals surface area contributed by atoms with Crippen molar-refractivity contribution in [2.75, 3.05) is 6.54 Å². The zero-order chi connectivity index (χ0) is 19.3. The number of halogens is 1. The molecule has 10 heteroatoms. The Balaban J connectivity index is 1.59. The number of nitrogens with zero attached hydrogens (tertiary/aromatic N) is 3. The molecule has 27 heavy (non-hydrogen) atoms. The van der Waals surface area contributed by atoms with Gasteiger partial charge in [-0.15, -0.1) is 5.10 Å². The molecule has 1 aromatic carbocycles. The Morgan fingerprint density at radius 2 is 1.85 bits per heavy atom. The van der Waals surface area contributed by atoms with E-state index >= 15 is 0 Å². The average Bonchev–Trinajstić information content (AvgIpc) is 3.14. The van der Waals surface area contributed by atoms with Gasteiger partial charge in [0.25, 0.3) is 5.91 Å². The van der Waals surface area contributed by atoms with Gasteiger partial charge >= 0.3 is 5.22 Å². The Labute approximate surface area is 154 Å². The molecule has 140 valence electrons. The number of amides is 1. The van der Waals surface area contributed by atoms with Crippen LogP contribution in [0.2, 0.25) is 0 Å². The minimum Gasteiger partial charge on any atom is -0.412 e. The lowest BCUT2D eigenvalue weighted by molar-refractivity contribution is 0.0953. The van der Waals surface area contributed by atoms with Crippen LogP contribution < -0.4 is 5.32 Å². The molecular formula is C17H15FN4O4S. The minimum atomic E-state index is -3.97. The molecule has 2 heterocycles. The highest BCUT2D eigenvalue weighted by molar-refractivity contribution is 7.90. The molecule has 0 aliphatic carbocycles. The first-order chi connectivity index (χ1) is 13.0. The molecule has 0 spiro atoms. The third-order valence-electron chi connectivity index (χ3n) is 3.58. The quantitative estimate of drug-likeness (QED) is 0.651. The second-order valence-corrected chi connectivity index (χ2v) is 7.42. The maximum Gasteiger partial charge on any atom is 0.335 e. The van der Waals surface area contributed by atoms with Crippen LogP contribution in [0, 0.1) is 5.82 Å². The summed E-state index contributed by atoms with van der Waals surface area (Å²) in [4.78, 5) is 15.7. The predicted molar refractivity (Wildman–Crippen MR) is 91.9 cm³/mol. The highest BCUT2D eigenvalue weighted by atomic mass is 32.2. The molecule has 0 aliphatic heterocycles. The monoisotopic (exact) mass is 390 g/mol. The summed E-state index contributed by atoms with van der Waals surface area (Å²) in [5.74, 6) is -1.46. The molecule has 0 saturated heterocycles. The van der Waals surface area contributed by atoms with Crippen molar-refractivity contribution < 1.29 is 22.0 Å². The Morgan fingerprint density at radius 3 is 2.59 bits per heavy atom. The van der Waals surface area contributed by atoms with E-state index in [4.69, 9.17) is 4.42 Å². The van der Waals surface area contributed by atoms with E-state index in [0.29, 0.717) is 5.56 Å². The summed E-state index contributed by atoms with van der Waals surface area (Å²) < 4.78 is 43.4. The molecule has 3 aromatic rings. The highest BCUT2D eigenvalue weighted by Gasteiger charge is 2.24. The Morgan fingerprint density at radius 1 is 1.11 bits per heavy atom. The Kier molecular flexibility index (Phi) is 5.55. The summed E-state index contributed by atoms with van der Waals surface area (Å²) in [6, 6.07) is 8.69. The fraction of sp³-hybridized carbons (Fsp3) is 0.176. The number of aromatic nitrogens is 3. The molecule has 0 fully saturated rings. The van der Waals surface area contributed by atoms with Crippen molar-refractivity contribution in [3.05, 3.63) is 71.6 Å². The first-order valence-electron chi connectivity index (χ1n) is 7.92. The number of carbonyl (C=O) groups excluding carboxylic acids is 1. The first kappa shape index (κ1) is 18.6. The summed E-state index contributed by atoms with van der Waals surface area (Å²) in [6.07, 6.45) is 3.15. The molecule has 0 saturated carbocycles. The van der Waals surface area contributed by atoms with E-state index in [0.717, 1.165) is 0 Å². The minimum absolute atomic E-state index is 0.0156. The van der Waals surface area contributed by atoms with E-state index in [2.05, 4.69) is 20.5 Å². The van der Waals surface area contributed by atoms with E-state index in [-0.39, 0.29) is 30.3 Å². The van der Waals surface area contributed by atoms with E-state index < -0.39 is 26.6 Å². The van der Waals surface area contributed by atoms with Crippen LogP contribution in [-0.2, 0) is 22.0 Å². The summed E-state index contributed by atoms with van der Waals surface area (Å²) in [7, 11) is -3.97. The molecule has 0 aliphatic rings. The van der Waals surface area contributed by atoms with Crippen LogP contribution in [0.4, 0.5) is 4.39 Å². The van der Waals surface area contributed by atoms with Gasteiger partial charge in [0.2, 0.25) is 15.7 Å². The van der Waals surface area contributed by atoms with Gasteiger partial charge < -0.3 is 9.73 Å². The van der Waals surface area contributed by atoms with Gasteiger partial charge in [-0.3, -0.25) is 9.78 Å². The Bertz CT molecular complexity index is 1040. The van der Waals surface area contributed by atoms with Crippen molar-refractivity contribution in [1.29, 1.82) is 0 Å². The first-order valence-corrected chi connectivity index (χ1v) is 9.58. The SMILES string of the molecule is O=C(NCCc1nnc(S(=O)(=O)Cc2ccccc2F)o1)c1ccncc1. The lowest BCUT2D eigenvalue weighted by Gasteiger charge is -2.03. The number of pyridine rings is 1. The van der Waals surface area contributed by atoms with Crippen molar-refractivity contribution in [1.82, 2.24) is 20.5 Å². The normalized spacial score (nSPS) is 11.3. The molecule has 1 amide bonds. The molecular weight excluding hydrogens is 375 g/mol. The van der Waals surface area contributed by atoms with Gasteiger partial charge in [-0.05, 0) is 18.2 Å². The van der Waals surface area contributed by atoms with E-state index in [1.807, 2.05) is 0 Å². The van der Waals surface area contributed by atoms with Gasteiger partial charge in [0.1, 0.15) is 5.82 Å². The number of rotatable bonds is 7. The van der Waals surface area contributed by atoms with Crippen molar-refractivity contribution in [2.24, 2.45) is 0 Å². The van der Waals surface area contributed by atoms with Crippen molar-refractivity contribution in [2.45, 2.75) is 17.4 Å². The summed E-state index contributed by atoms with van der Waals surface area (Å²) in [5, 5.41) is 9.25. The van der Waals surface area contributed by atoms with Crippen LogP contribution in [0.5, 0.6) is 0 Å². The third-order valence-corrected chi connectivity index (χ3v) is 4.97. The van der Waals surface area contributed by atoms with Crippen LogP contribution in [0.1, 0.15) is 21.8 Å². The fourth-order valence-electron chi connectivity index (χ4n) is 2.24. The maximum atomic E-state index is 13.6. The number of benzene rings is 1. The van der Waals surface area contributed by atoms with Crippen molar-refractivity contribution in [3.63, 3.8) is 0 Å². The standard InChI is InChI=1S/C17H15FN4O4S/c18-14-4-2-1-3-13(14)11-27(24,25)17-22-21-15(26-17)7-10-20-16(23)12-5-8-19-9-6-12/h1-6,8-9H,7,10-11H2,(H,20,23). The van der Waals surface area contributed by atoms with E-state index in [1.165, 1.54) is 30.6 Å². The van der Waals surface area contributed by atoms with Gasteiger partial charge in [0, 0.05) is 36.5 Å². The number of hydrogen-bond acceptors (Lipinski definition) is 7. The zero-order valence-electron chi connectivity index (χ0n) is 14.0. The van der Waals surface area contributed by atoms with Crippen molar-refractivity contribution >= 4 is 15.7 Å². The topological polar surface area (TPSA) is 115 Å². The number of nitrogens with one attached hydrogen (secondary N) is 1. The number of carbonyl (C=O) groups is 1. The van der Waals surface area contributed by atoms with Crippen LogP contribution in [0.3, 0.4) is 0 Å². The third kappa shape index (κ3) is 4.73. The number of hydrogen-bond donors (Lipinski definition) is 1. The fourth-order valence-corrected chi connectivity index (χ4v) is 3.39. The van der Waals surface area contributed by atoms with Crippen molar-refractivity contribution in [3.8, 4) is 0 Å². The molecule has 2 aromatic heterocycles. The second-order valence-electron chi connectivity index (χ2n) is 5.55. The molecule has 0 radical (unpaired) electrons. The smallest absolute Gasteiger partial charge is 0.335 e. The second kappa shape index (κ2) is 8.04. The molecule has 3 rings (SSSR count). The van der Waals surface area contributed by atoms with Gasteiger partial charge in [-0.2, -0.15) is 0 Å². The van der Waals surface area contributed by atoms with E-state index in [9.17, 15) is 17.6 Å². The van der Waals surface area contributed by atoms with Crippen LogP contribution in [0.15, 0.2) is 58.4 Å². The highest BCUT2D eigenvalue weighted by Crippen LogP contribution is 2.17. The van der Waals surface area contributed by atoms with E-state index in [1.54, 1.807) is 18.2 Å². The Hall–Kier alpha value is -3.14. The summed E-state index contributed by atoms with van der Waals surface area (Å²) >= 11 is 0. The van der Waals surface area contributed by atoms with Crippen LogP contribution in [-0.4, -0.2) is 36.1 Å². The summed E-state index contributed by atoms with van der Waals surface area (Å²) in [6.45, 7) is 0.177. The summed E-state index contributed by atoms with van der Waals surface area (Å²) in [5.41, 5.74) is 0.463.